The van der Waals surface area contributed by atoms with Crippen LogP contribution in [0.4, 0.5) is 5.69 Å². The minimum Gasteiger partial charge on any atom is -0.506 e. The molecule has 0 aliphatic heterocycles. The third-order valence-corrected chi connectivity index (χ3v) is 2.78. The molecule has 4 nitrogen and oxygen atoms in total. The summed E-state index contributed by atoms with van der Waals surface area (Å²) in [4.78, 5) is 4.31. The molecule has 106 valence electrons. The van der Waals surface area contributed by atoms with E-state index in [4.69, 9.17) is 4.74 Å². The van der Waals surface area contributed by atoms with Crippen LogP contribution in [-0.4, -0.2) is 16.2 Å². The van der Waals surface area contributed by atoms with Crippen molar-refractivity contribution in [1.82, 2.24) is 4.98 Å². The first-order chi connectivity index (χ1) is 9.54. The number of anilines is 1. The van der Waals surface area contributed by atoms with Gasteiger partial charge in [-0.3, -0.25) is 4.98 Å². The highest BCUT2D eigenvalue weighted by Gasteiger charge is 2.03. The van der Waals surface area contributed by atoms with E-state index in [1.54, 1.807) is 12.1 Å². The topological polar surface area (TPSA) is 54.4 Å². The molecule has 0 saturated heterocycles. The maximum absolute atomic E-state index is 9.73. The minimum atomic E-state index is 0.169. The van der Waals surface area contributed by atoms with Crippen LogP contribution in [0.2, 0.25) is 0 Å². The zero-order valence-corrected chi connectivity index (χ0v) is 12.1. The molecule has 0 amide bonds. The lowest BCUT2D eigenvalue weighted by Crippen LogP contribution is -2.06. The summed E-state index contributed by atoms with van der Waals surface area (Å²) < 4.78 is 5.59. The average Bonchev–Trinajstić information content (AvgIpc) is 2.41. The maximum atomic E-state index is 9.73. The lowest BCUT2D eigenvalue weighted by Gasteiger charge is -2.11. The molecule has 1 heterocycles. The van der Waals surface area contributed by atoms with Gasteiger partial charge in [-0.05, 0) is 57.2 Å². The van der Waals surface area contributed by atoms with Crippen molar-refractivity contribution in [2.45, 2.75) is 33.4 Å². The number of hydrogen-bond acceptors (Lipinski definition) is 4. The summed E-state index contributed by atoms with van der Waals surface area (Å²) in [5.41, 5.74) is 2.50. The Bertz CT molecular complexity index is 565. The molecule has 0 aliphatic carbocycles. The van der Waals surface area contributed by atoms with Gasteiger partial charge in [0.05, 0.1) is 12.6 Å². The Kier molecular flexibility index (Phi) is 4.45. The van der Waals surface area contributed by atoms with Crippen molar-refractivity contribution in [3.8, 4) is 11.5 Å². The van der Waals surface area contributed by atoms with E-state index in [1.807, 2.05) is 45.0 Å². The molecule has 0 radical (unpaired) electrons. The fraction of sp³-hybridized carbons (Fsp3) is 0.312. The molecule has 1 aromatic heterocycles. The number of pyridine rings is 1. The van der Waals surface area contributed by atoms with E-state index >= 15 is 0 Å². The van der Waals surface area contributed by atoms with Gasteiger partial charge >= 0.3 is 0 Å². The van der Waals surface area contributed by atoms with Crippen LogP contribution >= 0.6 is 0 Å². The molecular weight excluding hydrogens is 252 g/mol. The molecule has 2 rings (SSSR count). The Balaban J connectivity index is 1.98. The standard InChI is InChI=1S/C16H20N2O2/c1-11(2)20-14-7-5-13(6-8-14)17-10-15-16(19)9-4-12(3)18-15/h4-9,11,17,19H,10H2,1-3H3. The third kappa shape index (κ3) is 3.88. The molecule has 20 heavy (non-hydrogen) atoms. The molecule has 0 saturated carbocycles. The van der Waals surface area contributed by atoms with Crippen LogP contribution in [0.1, 0.15) is 25.2 Å². The van der Waals surface area contributed by atoms with Gasteiger partial charge in [0, 0.05) is 11.4 Å². The summed E-state index contributed by atoms with van der Waals surface area (Å²) in [5.74, 6) is 1.06. The van der Waals surface area contributed by atoms with E-state index < -0.39 is 0 Å². The summed E-state index contributed by atoms with van der Waals surface area (Å²) in [7, 11) is 0. The quantitative estimate of drug-likeness (QED) is 0.874. The van der Waals surface area contributed by atoms with E-state index in [-0.39, 0.29) is 11.9 Å². The molecule has 0 atom stereocenters. The first-order valence-electron chi connectivity index (χ1n) is 6.70. The fourth-order valence-corrected chi connectivity index (χ4v) is 1.84. The third-order valence-electron chi connectivity index (χ3n) is 2.78. The van der Waals surface area contributed by atoms with Gasteiger partial charge < -0.3 is 15.2 Å². The van der Waals surface area contributed by atoms with Crippen LogP contribution in [0.5, 0.6) is 11.5 Å². The van der Waals surface area contributed by atoms with Gasteiger partial charge in [0.2, 0.25) is 0 Å². The molecule has 0 unspecified atom stereocenters. The van der Waals surface area contributed by atoms with Crippen LogP contribution in [0, 0.1) is 6.92 Å². The zero-order valence-electron chi connectivity index (χ0n) is 12.1. The Hall–Kier alpha value is -2.23. The van der Waals surface area contributed by atoms with Crippen molar-refractivity contribution in [3.05, 3.63) is 47.8 Å². The molecule has 2 N–H and O–H groups in total. The number of rotatable bonds is 5. The molecule has 4 heteroatoms. The van der Waals surface area contributed by atoms with Gasteiger partial charge in [-0.15, -0.1) is 0 Å². The van der Waals surface area contributed by atoms with Crippen molar-refractivity contribution in [3.63, 3.8) is 0 Å². The summed E-state index contributed by atoms with van der Waals surface area (Å²) in [6, 6.07) is 11.2. The van der Waals surface area contributed by atoms with Crippen molar-refractivity contribution < 1.29 is 9.84 Å². The van der Waals surface area contributed by atoms with Gasteiger partial charge in [-0.1, -0.05) is 0 Å². The minimum absolute atomic E-state index is 0.169. The summed E-state index contributed by atoms with van der Waals surface area (Å²) >= 11 is 0. The van der Waals surface area contributed by atoms with Crippen molar-refractivity contribution in [2.24, 2.45) is 0 Å². The highest BCUT2D eigenvalue weighted by molar-refractivity contribution is 5.47. The summed E-state index contributed by atoms with van der Waals surface area (Å²) in [6.45, 7) is 6.38. The number of hydrogen-bond donors (Lipinski definition) is 2. The Labute approximate surface area is 119 Å². The van der Waals surface area contributed by atoms with Gasteiger partial charge in [0.1, 0.15) is 17.2 Å². The Morgan fingerprint density at radius 3 is 2.50 bits per heavy atom. The number of aromatic hydroxyl groups is 1. The number of benzene rings is 1. The Morgan fingerprint density at radius 1 is 1.15 bits per heavy atom. The lowest BCUT2D eigenvalue weighted by atomic mass is 10.2. The lowest BCUT2D eigenvalue weighted by molar-refractivity contribution is 0.242. The fourth-order valence-electron chi connectivity index (χ4n) is 1.84. The molecule has 2 aromatic rings. The van der Waals surface area contributed by atoms with Crippen LogP contribution in [-0.2, 0) is 6.54 Å². The second-order valence-corrected chi connectivity index (χ2v) is 4.96. The van der Waals surface area contributed by atoms with Crippen LogP contribution < -0.4 is 10.1 Å². The monoisotopic (exact) mass is 272 g/mol. The Morgan fingerprint density at radius 2 is 1.85 bits per heavy atom. The van der Waals surface area contributed by atoms with Gasteiger partial charge in [0.25, 0.3) is 0 Å². The molecular formula is C16H20N2O2. The van der Waals surface area contributed by atoms with Gasteiger partial charge in [-0.2, -0.15) is 0 Å². The van der Waals surface area contributed by atoms with Crippen molar-refractivity contribution >= 4 is 5.69 Å². The average molecular weight is 272 g/mol. The van der Waals surface area contributed by atoms with Crippen molar-refractivity contribution in [1.29, 1.82) is 0 Å². The highest BCUT2D eigenvalue weighted by Crippen LogP contribution is 2.19. The second kappa shape index (κ2) is 6.28. The van der Waals surface area contributed by atoms with Crippen LogP contribution in [0.25, 0.3) is 0 Å². The van der Waals surface area contributed by atoms with E-state index in [0.717, 1.165) is 17.1 Å². The smallest absolute Gasteiger partial charge is 0.138 e. The maximum Gasteiger partial charge on any atom is 0.138 e. The molecule has 0 aliphatic rings. The highest BCUT2D eigenvalue weighted by atomic mass is 16.5. The van der Waals surface area contributed by atoms with Crippen LogP contribution in [0.15, 0.2) is 36.4 Å². The predicted molar refractivity (Wildman–Crippen MR) is 80.2 cm³/mol. The predicted octanol–water partition coefficient (Wildman–Crippen LogP) is 3.49. The van der Waals surface area contributed by atoms with Crippen molar-refractivity contribution in [2.75, 3.05) is 5.32 Å². The van der Waals surface area contributed by atoms with E-state index in [2.05, 4.69) is 10.3 Å². The van der Waals surface area contributed by atoms with Gasteiger partial charge in [0.15, 0.2) is 0 Å². The first kappa shape index (κ1) is 14.2. The normalized spacial score (nSPS) is 10.6. The molecule has 0 spiro atoms. The SMILES string of the molecule is Cc1ccc(O)c(CNc2ccc(OC(C)C)cc2)n1. The molecule has 0 bridgehead atoms. The largest absolute Gasteiger partial charge is 0.506 e. The van der Waals surface area contributed by atoms with E-state index in [0.29, 0.717) is 12.2 Å². The number of aryl methyl sites for hydroxylation is 1. The van der Waals surface area contributed by atoms with Crippen LogP contribution in [0.3, 0.4) is 0 Å². The number of nitrogens with one attached hydrogen (secondary N) is 1. The second-order valence-electron chi connectivity index (χ2n) is 4.96. The summed E-state index contributed by atoms with van der Waals surface area (Å²) in [5, 5.41) is 13.0. The van der Waals surface area contributed by atoms with E-state index in [1.165, 1.54) is 0 Å². The summed E-state index contributed by atoms with van der Waals surface area (Å²) in [6.07, 6.45) is 0.169. The zero-order chi connectivity index (χ0) is 14.5. The number of ether oxygens (including phenoxy) is 1. The number of nitrogens with zero attached hydrogens (tertiary/aromatic N) is 1. The van der Waals surface area contributed by atoms with Gasteiger partial charge in [-0.25, -0.2) is 0 Å². The molecule has 0 fully saturated rings. The first-order valence-corrected chi connectivity index (χ1v) is 6.70. The number of aromatic nitrogens is 1. The van der Waals surface area contributed by atoms with E-state index in [9.17, 15) is 5.11 Å². The molecule has 1 aromatic carbocycles.